The van der Waals surface area contributed by atoms with Crippen LogP contribution >= 0.6 is 11.3 Å². The van der Waals surface area contributed by atoms with E-state index in [0.29, 0.717) is 10.4 Å². The molecule has 0 saturated heterocycles. The van der Waals surface area contributed by atoms with Gasteiger partial charge in [-0.15, -0.1) is 11.3 Å². The van der Waals surface area contributed by atoms with E-state index in [1.54, 1.807) is 47.8 Å². The van der Waals surface area contributed by atoms with Crippen molar-refractivity contribution >= 4 is 29.1 Å². The Hall–Kier alpha value is -2.67. The number of hydrazine groups is 1. The number of carboxylic acid groups (broad SMARTS) is 1. The summed E-state index contributed by atoms with van der Waals surface area (Å²) in [6.07, 6.45) is -0.295. The molecule has 120 valence electrons. The number of carbonyl (C=O) groups is 3. The molecular weight excluding hydrogens is 316 g/mol. The van der Waals surface area contributed by atoms with E-state index in [9.17, 15) is 19.5 Å². The van der Waals surface area contributed by atoms with Crippen molar-refractivity contribution in [3.8, 4) is 0 Å². The molecule has 23 heavy (non-hydrogen) atoms. The Bertz CT molecular complexity index is 700. The topological polar surface area (TPSA) is 95.5 Å². The van der Waals surface area contributed by atoms with Crippen molar-refractivity contribution in [1.82, 2.24) is 10.9 Å². The number of amides is 2. The van der Waals surface area contributed by atoms with E-state index in [0.717, 1.165) is 0 Å². The minimum atomic E-state index is -1.38. The Labute approximate surface area is 137 Å². The zero-order valence-corrected chi connectivity index (χ0v) is 13.2. The number of nitrogens with one attached hydrogen (secondary N) is 2. The van der Waals surface area contributed by atoms with Crippen LogP contribution in [0, 0.1) is 0 Å². The Morgan fingerprint density at radius 3 is 2.35 bits per heavy atom. The van der Waals surface area contributed by atoms with Gasteiger partial charge in [-0.1, -0.05) is 36.4 Å². The van der Waals surface area contributed by atoms with E-state index in [4.69, 9.17) is 0 Å². The molecule has 7 heteroatoms. The quantitative estimate of drug-likeness (QED) is 0.729. The van der Waals surface area contributed by atoms with Crippen molar-refractivity contribution in [3.63, 3.8) is 0 Å². The van der Waals surface area contributed by atoms with E-state index in [1.807, 2.05) is 0 Å². The second-order valence-electron chi connectivity index (χ2n) is 5.16. The molecule has 0 aliphatic carbocycles. The van der Waals surface area contributed by atoms with E-state index >= 15 is 0 Å². The molecule has 1 aromatic heterocycles. The van der Waals surface area contributed by atoms with Crippen molar-refractivity contribution in [2.24, 2.45) is 0 Å². The molecule has 0 spiro atoms. The molecule has 1 atom stereocenters. The minimum Gasteiger partial charge on any atom is -0.481 e. The molecule has 2 aromatic rings. The van der Waals surface area contributed by atoms with Crippen LogP contribution < -0.4 is 10.9 Å². The number of aliphatic carboxylic acids is 1. The van der Waals surface area contributed by atoms with E-state index < -0.39 is 23.2 Å². The Morgan fingerprint density at radius 2 is 1.78 bits per heavy atom. The number of carboxylic acids is 1. The minimum absolute atomic E-state index is 0.295. The van der Waals surface area contributed by atoms with Gasteiger partial charge >= 0.3 is 5.97 Å². The first-order valence-corrected chi connectivity index (χ1v) is 7.73. The second-order valence-corrected chi connectivity index (χ2v) is 6.11. The van der Waals surface area contributed by atoms with Crippen LogP contribution in [0.15, 0.2) is 47.8 Å². The maximum Gasteiger partial charge on any atom is 0.314 e. The van der Waals surface area contributed by atoms with Gasteiger partial charge in [0, 0.05) is 6.42 Å². The Kier molecular flexibility index (Phi) is 5.13. The van der Waals surface area contributed by atoms with Crippen LogP contribution in [0.5, 0.6) is 0 Å². The maximum atomic E-state index is 12.0. The van der Waals surface area contributed by atoms with E-state index in [1.165, 1.54) is 18.3 Å². The first-order valence-electron chi connectivity index (χ1n) is 6.85. The molecule has 0 aliphatic rings. The van der Waals surface area contributed by atoms with Crippen molar-refractivity contribution in [1.29, 1.82) is 0 Å². The molecule has 1 aromatic carbocycles. The van der Waals surface area contributed by atoms with Gasteiger partial charge in [0.15, 0.2) is 0 Å². The van der Waals surface area contributed by atoms with Gasteiger partial charge in [0.25, 0.3) is 5.91 Å². The molecule has 0 fully saturated rings. The summed E-state index contributed by atoms with van der Waals surface area (Å²) < 4.78 is 0. The molecule has 0 radical (unpaired) electrons. The number of rotatable bonds is 5. The molecular formula is C16H16N2O4S. The number of thiophene rings is 1. The third kappa shape index (κ3) is 3.95. The van der Waals surface area contributed by atoms with Gasteiger partial charge < -0.3 is 5.11 Å². The monoisotopic (exact) mass is 332 g/mol. The predicted octanol–water partition coefficient (Wildman–Crippen LogP) is 1.94. The van der Waals surface area contributed by atoms with Crippen LogP contribution in [-0.4, -0.2) is 22.9 Å². The highest BCUT2D eigenvalue weighted by atomic mass is 32.1. The summed E-state index contributed by atoms with van der Waals surface area (Å²) in [4.78, 5) is 35.8. The summed E-state index contributed by atoms with van der Waals surface area (Å²) in [7, 11) is 0. The third-order valence-corrected chi connectivity index (χ3v) is 4.33. The normalized spacial score (nSPS) is 12.9. The van der Waals surface area contributed by atoms with Crippen LogP contribution in [0.2, 0.25) is 0 Å². The zero-order chi connectivity index (χ0) is 16.9. The van der Waals surface area contributed by atoms with Gasteiger partial charge in [-0.25, -0.2) is 0 Å². The van der Waals surface area contributed by atoms with Crippen LogP contribution in [0.25, 0.3) is 0 Å². The highest BCUT2D eigenvalue weighted by molar-refractivity contribution is 7.12. The fourth-order valence-corrected chi connectivity index (χ4v) is 2.69. The van der Waals surface area contributed by atoms with Gasteiger partial charge in [-0.3, -0.25) is 25.2 Å². The lowest BCUT2D eigenvalue weighted by atomic mass is 9.79. The predicted molar refractivity (Wildman–Crippen MR) is 86.0 cm³/mol. The highest BCUT2D eigenvalue weighted by Gasteiger charge is 2.37. The average Bonchev–Trinajstić information content (AvgIpc) is 3.07. The first kappa shape index (κ1) is 16.7. The Balaban J connectivity index is 2.02. The highest BCUT2D eigenvalue weighted by Crippen LogP contribution is 2.27. The van der Waals surface area contributed by atoms with Crippen LogP contribution in [-0.2, 0) is 15.0 Å². The average molecular weight is 332 g/mol. The molecule has 2 amide bonds. The van der Waals surface area contributed by atoms with Crippen molar-refractivity contribution < 1.29 is 19.5 Å². The lowest BCUT2D eigenvalue weighted by molar-refractivity contribution is -0.145. The molecule has 2 rings (SSSR count). The maximum absolute atomic E-state index is 12.0. The molecule has 1 heterocycles. The number of carbonyl (C=O) groups excluding carboxylic acids is 2. The molecule has 0 aliphatic heterocycles. The summed E-state index contributed by atoms with van der Waals surface area (Å²) in [6, 6.07) is 11.9. The van der Waals surface area contributed by atoms with E-state index in [-0.39, 0.29) is 6.42 Å². The SMILES string of the molecule is C[C@](CC(=O)NNC(=O)c1cccs1)(C(=O)O)c1ccccc1. The van der Waals surface area contributed by atoms with Gasteiger partial charge in [-0.2, -0.15) is 0 Å². The Morgan fingerprint density at radius 1 is 1.09 bits per heavy atom. The smallest absolute Gasteiger partial charge is 0.314 e. The lowest BCUT2D eigenvalue weighted by Gasteiger charge is -2.24. The fraction of sp³-hybridized carbons (Fsp3) is 0.188. The molecule has 0 bridgehead atoms. The van der Waals surface area contributed by atoms with Gasteiger partial charge in [0.2, 0.25) is 5.91 Å². The van der Waals surface area contributed by atoms with Crippen molar-refractivity contribution in [2.75, 3.05) is 0 Å². The van der Waals surface area contributed by atoms with Crippen molar-refractivity contribution in [3.05, 3.63) is 58.3 Å². The number of hydrogen-bond donors (Lipinski definition) is 3. The zero-order valence-electron chi connectivity index (χ0n) is 12.4. The summed E-state index contributed by atoms with van der Waals surface area (Å²) in [5.74, 6) is -2.13. The molecule has 0 saturated carbocycles. The summed E-state index contributed by atoms with van der Waals surface area (Å²) in [5, 5.41) is 11.2. The van der Waals surface area contributed by atoms with Gasteiger partial charge in [0.05, 0.1) is 10.3 Å². The molecule has 0 unspecified atom stereocenters. The molecule has 3 N–H and O–H groups in total. The first-order chi connectivity index (χ1) is 10.9. The summed E-state index contributed by atoms with van der Waals surface area (Å²) in [5.41, 5.74) is 3.68. The van der Waals surface area contributed by atoms with Crippen LogP contribution in [0.4, 0.5) is 0 Å². The summed E-state index contributed by atoms with van der Waals surface area (Å²) in [6.45, 7) is 1.48. The second kappa shape index (κ2) is 7.06. The lowest BCUT2D eigenvalue weighted by Crippen LogP contribution is -2.45. The standard InChI is InChI=1S/C16H16N2O4S/c1-16(15(21)22,11-6-3-2-4-7-11)10-13(19)17-18-14(20)12-8-5-9-23-12/h2-9H,10H2,1H3,(H,17,19)(H,18,20)(H,21,22)/t16-/m1/s1. The van der Waals surface area contributed by atoms with Crippen LogP contribution in [0.3, 0.4) is 0 Å². The van der Waals surface area contributed by atoms with E-state index in [2.05, 4.69) is 10.9 Å². The molecule has 6 nitrogen and oxygen atoms in total. The van der Waals surface area contributed by atoms with Crippen molar-refractivity contribution in [2.45, 2.75) is 18.8 Å². The summed E-state index contributed by atoms with van der Waals surface area (Å²) >= 11 is 1.24. The fourth-order valence-electron chi connectivity index (χ4n) is 2.07. The number of benzene rings is 1. The van der Waals surface area contributed by atoms with Gasteiger partial charge in [-0.05, 0) is 23.9 Å². The van der Waals surface area contributed by atoms with Crippen LogP contribution in [0.1, 0.15) is 28.6 Å². The third-order valence-electron chi connectivity index (χ3n) is 3.46. The van der Waals surface area contributed by atoms with Gasteiger partial charge in [0.1, 0.15) is 0 Å². The largest absolute Gasteiger partial charge is 0.481 e. The number of hydrogen-bond acceptors (Lipinski definition) is 4.